The number of hydrogen-bond acceptors (Lipinski definition) is 4. The van der Waals surface area contributed by atoms with Crippen LogP contribution in [0.1, 0.15) is 16.5 Å². The fourth-order valence-electron chi connectivity index (χ4n) is 1.71. The molecule has 1 aromatic heterocycles. The van der Waals surface area contributed by atoms with Crippen LogP contribution in [0.3, 0.4) is 0 Å². The van der Waals surface area contributed by atoms with E-state index in [1.807, 2.05) is 29.6 Å². The molecule has 0 aliphatic carbocycles. The van der Waals surface area contributed by atoms with E-state index in [0.29, 0.717) is 29.5 Å². The first-order chi connectivity index (χ1) is 9.24. The number of hydrogen-bond donors (Lipinski definition) is 1. The molecule has 19 heavy (non-hydrogen) atoms. The van der Waals surface area contributed by atoms with Crippen LogP contribution in [0.5, 0.6) is 5.75 Å². The summed E-state index contributed by atoms with van der Waals surface area (Å²) in [5, 5.41) is 12.8. The Bertz CT molecular complexity index is 527. The number of thiophene rings is 1. The number of para-hydroxylation sites is 1. The Morgan fingerprint density at radius 1 is 1.26 bits per heavy atom. The minimum atomic E-state index is -0.772. The van der Waals surface area contributed by atoms with Crippen molar-refractivity contribution in [2.75, 3.05) is 20.3 Å². The van der Waals surface area contributed by atoms with E-state index in [1.165, 1.54) is 11.3 Å². The van der Waals surface area contributed by atoms with Gasteiger partial charge in [-0.15, -0.1) is 11.3 Å². The molecule has 1 aromatic carbocycles. The summed E-state index contributed by atoms with van der Waals surface area (Å²) in [6, 6.07) is 9.18. The van der Waals surface area contributed by atoms with Crippen LogP contribution in [0.25, 0.3) is 0 Å². The van der Waals surface area contributed by atoms with Gasteiger partial charge in [-0.1, -0.05) is 29.8 Å². The highest BCUT2D eigenvalue weighted by Crippen LogP contribution is 2.36. The summed E-state index contributed by atoms with van der Waals surface area (Å²) in [6.45, 7) is 0.947. The first-order valence-electron chi connectivity index (χ1n) is 5.85. The van der Waals surface area contributed by atoms with Crippen LogP contribution in [0.4, 0.5) is 0 Å². The van der Waals surface area contributed by atoms with Crippen molar-refractivity contribution in [3.8, 4) is 5.75 Å². The molecule has 0 saturated carbocycles. The minimum absolute atomic E-state index is 0.443. The molecular weight excluding hydrogens is 284 g/mol. The van der Waals surface area contributed by atoms with Crippen molar-refractivity contribution in [1.82, 2.24) is 0 Å². The third-order valence-corrected chi connectivity index (χ3v) is 4.06. The lowest BCUT2D eigenvalue weighted by atomic mass is 10.1. The predicted molar refractivity (Wildman–Crippen MR) is 77.2 cm³/mol. The molecule has 0 spiro atoms. The van der Waals surface area contributed by atoms with Crippen LogP contribution < -0.4 is 4.74 Å². The molecule has 0 aliphatic heterocycles. The molecule has 0 amide bonds. The van der Waals surface area contributed by atoms with Gasteiger partial charge in [0.25, 0.3) is 0 Å². The van der Waals surface area contributed by atoms with Gasteiger partial charge >= 0.3 is 0 Å². The predicted octanol–water partition coefficient (Wildman–Crippen LogP) is 3.51. The zero-order chi connectivity index (χ0) is 13.7. The molecular formula is C14H15ClO3S. The molecule has 1 N–H and O–H groups in total. The molecule has 0 aliphatic rings. The fourth-order valence-corrected chi connectivity index (χ4v) is 2.88. The van der Waals surface area contributed by atoms with Crippen molar-refractivity contribution in [3.63, 3.8) is 0 Å². The van der Waals surface area contributed by atoms with E-state index < -0.39 is 6.10 Å². The summed E-state index contributed by atoms with van der Waals surface area (Å²) in [6.07, 6.45) is -0.772. The fraction of sp³-hybridized carbons (Fsp3) is 0.286. The van der Waals surface area contributed by atoms with E-state index in [0.717, 1.165) is 4.88 Å². The van der Waals surface area contributed by atoms with Gasteiger partial charge in [-0.25, -0.2) is 0 Å². The number of aliphatic hydroxyl groups excluding tert-OH is 1. The van der Waals surface area contributed by atoms with Crippen LogP contribution in [0.2, 0.25) is 5.02 Å². The second kappa shape index (κ2) is 6.91. The first-order valence-corrected chi connectivity index (χ1v) is 7.11. The molecule has 0 bridgehead atoms. The Morgan fingerprint density at radius 2 is 2.05 bits per heavy atom. The zero-order valence-electron chi connectivity index (χ0n) is 10.5. The third-order valence-electron chi connectivity index (χ3n) is 2.65. The number of methoxy groups -OCH3 is 1. The Balaban J connectivity index is 2.21. The molecule has 1 heterocycles. The summed E-state index contributed by atoms with van der Waals surface area (Å²) in [7, 11) is 1.62. The maximum atomic E-state index is 10.4. The second-order valence-electron chi connectivity index (χ2n) is 3.91. The second-order valence-corrected chi connectivity index (χ2v) is 5.27. The molecule has 0 radical (unpaired) electrons. The first kappa shape index (κ1) is 14.3. The van der Waals surface area contributed by atoms with Crippen LogP contribution >= 0.6 is 22.9 Å². The van der Waals surface area contributed by atoms with Gasteiger partial charge in [-0.2, -0.15) is 0 Å². The van der Waals surface area contributed by atoms with Crippen LogP contribution in [0.15, 0.2) is 35.7 Å². The monoisotopic (exact) mass is 298 g/mol. The smallest absolute Gasteiger partial charge is 0.125 e. The number of halogens is 1. The summed E-state index contributed by atoms with van der Waals surface area (Å²) >= 11 is 7.48. The third kappa shape index (κ3) is 3.48. The maximum Gasteiger partial charge on any atom is 0.125 e. The lowest BCUT2D eigenvalue weighted by Crippen LogP contribution is -2.08. The van der Waals surface area contributed by atoms with E-state index in [-0.39, 0.29) is 0 Å². The Kier molecular flexibility index (Phi) is 5.22. The summed E-state index contributed by atoms with van der Waals surface area (Å²) in [5.41, 5.74) is 0.711. The van der Waals surface area contributed by atoms with Gasteiger partial charge in [0.05, 0.1) is 16.5 Å². The average Bonchev–Trinajstić information content (AvgIpc) is 2.85. The van der Waals surface area contributed by atoms with E-state index in [1.54, 1.807) is 13.2 Å². The van der Waals surface area contributed by atoms with Gasteiger partial charge in [0.1, 0.15) is 18.5 Å². The van der Waals surface area contributed by atoms with Gasteiger partial charge in [0, 0.05) is 12.7 Å². The van der Waals surface area contributed by atoms with E-state index in [4.69, 9.17) is 21.1 Å². The summed E-state index contributed by atoms with van der Waals surface area (Å²) < 4.78 is 10.6. The van der Waals surface area contributed by atoms with Crippen molar-refractivity contribution in [1.29, 1.82) is 0 Å². The highest BCUT2D eigenvalue weighted by atomic mass is 35.5. The highest BCUT2D eigenvalue weighted by molar-refractivity contribution is 7.10. The van der Waals surface area contributed by atoms with Gasteiger partial charge in [-0.3, -0.25) is 0 Å². The molecule has 102 valence electrons. The lowest BCUT2D eigenvalue weighted by Gasteiger charge is -2.15. The molecule has 3 nitrogen and oxygen atoms in total. The normalized spacial score (nSPS) is 12.4. The van der Waals surface area contributed by atoms with Crippen molar-refractivity contribution in [2.45, 2.75) is 6.10 Å². The molecule has 1 atom stereocenters. The quantitative estimate of drug-likeness (QED) is 0.830. The molecule has 2 aromatic rings. The average molecular weight is 299 g/mol. The standard InChI is InChI=1S/C14H15ClO3S/c1-17-7-8-18-12-5-3-2-4-10(12)13(16)14-11(15)6-9-19-14/h2-6,9,13,16H,7-8H2,1H3. The number of ether oxygens (including phenoxy) is 2. The van der Waals surface area contributed by atoms with E-state index >= 15 is 0 Å². The zero-order valence-corrected chi connectivity index (χ0v) is 12.1. The van der Waals surface area contributed by atoms with Crippen molar-refractivity contribution >= 4 is 22.9 Å². The van der Waals surface area contributed by atoms with Gasteiger partial charge < -0.3 is 14.6 Å². The molecule has 0 saturated heterocycles. The Labute approximate surface area is 121 Å². The van der Waals surface area contributed by atoms with Gasteiger partial charge in [0.2, 0.25) is 0 Å². The SMILES string of the molecule is COCCOc1ccccc1C(O)c1sccc1Cl. The largest absolute Gasteiger partial charge is 0.491 e. The van der Waals surface area contributed by atoms with Gasteiger partial charge in [0.15, 0.2) is 0 Å². The Morgan fingerprint density at radius 3 is 2.74 bits per heavy atom. The number of rotatable bonds is 6. The summed E-state index contributed by atoms with van der Waals surface area (Å²) in [5.74, 6) is 0.650. The van der Waals surface area contributed by atoms with E-state index in [2.05, 4.69) is 0 Å². The van der Waals surface area contributed by atoms with Crippen LogP contribution in [-0.2, 0) is 4.74 Å². The van der Waals surface area contributed by atoms with Crippen LogP contribution in [0, 0.1) is 0 Å². The van der Waals surface area contributed by atoms with Crippen LogP contribution in [-0.4, -0.2) is 25.4 Å². The van der Waals surface area contributed by atoms with Crippen molar-refractivity contribution < 1.29 is 14.6 Å². The molecule has 0 fully saturated rings. The van der Waals surface area contributed by atoms with Crippen molar-refractivity contribution in [2.24, 2.45) is 0 Å². The molecule has 2 rings (SSSR count). The number of benzene rings is 1. The Hall–Kier alpha value is -1.07. The topological polar surface area (TPSA) is 38.7 Å². The maximum absolute atomic E-state index is 10.4. The summed E-state index contributed by atoms with van der Waals surface area (Å²) in [4.78, 5) is 0.726. The lowest BCUT2D eigenvalue weighted by molar-refractivity contribution is 0.142. The number of aliphatic hydroxyl groups is 1. The molecule has 1 unspecified atom stereocenters. The molecule has 5 heteroatoms. The van der Waals surface area contributed by atoms with E-state index in [9.17, 15) is 5.11 Å². The highest BCUT2D eigenvalue weighted by Gasteiger charge is 2.19. The van der Waals surface area contributed by atoms with Gasteiger partial charge in [-0.05, 0) is 17.5 Å². The van der Waals surface area contributed by atoms with Crippen molar-refractivity contribution in [3.05, 3.63) is 51.2 Å². The minimum Gasteiger partial charge on any atom is -0.491 e.